The van der Waals surface area contributed by atoms with Crippen LogP contribution in [0.4, 0.5) is 0 Å². The largest absolute Gasteiger partial charge is 0.493 e. The highest BCUT2D eigenvalue weighted by molar-refractivity contribution is 5.70. The number of methoxy groups -OCH3 is 2. The molecular formula is C34H39NO6. The van der Waals surface area contributed by atoms with Crippen LogP contribution in [0.25, 0.3) is 0 Å². The summed E-state index contributed by atoms with van der Waals surface area (Å²) < 4.78 is 26.3. The first-order chi connectivity index (χ1) is 19.9. The predicted octanol–water partition coefficient (Wildman–Crippen LogP) is 4.37. The molecule has 10 rings (SSSR count). The second-order valence-corrected chi connectivity index (χ2v) is 14.1. The zero-order chi connectivity index (χ0) is 27.8. The molecule has 6 fully saturated rings. The first-order valence-electron chi connectivity index (χ1n) is 15.5. The summed E-state index contributed by atoms with van der Waals surface area (Å²) in [4.78, 5) is 14.1. The van der Waals surface area contributed by atoms with Gasteiger partial charge in [-0.15, -0.1) is 0 Å². The first-order valence-corrected chi connectivity index (χ1v) is 15.5. The third-order valence-electron chi connectivity index (χ3n) is 12.7. The summed E-state index contributed by atoms with van der Waals surface area (Å²) in [5, 5.41) is 9.23. The van der Waals surface area contributed by atoms with Gasteiger partial charge in [-0.3, -0.25) is 9.69 Å². The molecule has 7 atom stereocenters. The highest BCUT2D eigenvalue weighted by Gasteiger charge is 2.97. The van der Waals surface area contributed by atoms with Crippen molar-refractivity contribution in [3.8, 4) is 11.5 Å². The van der Waals surface area contributed by atoms with Gasteiger partial charge >= 0.3 is 5.97 Å². The summed E-state index contributed by atoms with van der Waals surface area (Å²) in [5.74, 6) is 2.31. The second kappa shape index (κ2) is 8.06. The Kier molecular flexibility index (Phi) is 4.90. The minimum Gasteiger partial charge on any atom is -0.493 e. The van der Waals surface area contributed by atoms with Crippen LogP contribution >= 0.6 is 0 Å². The molecule has 216 valence electrons. The van der Waals surface area contributed by atoms with Crippen LogP contribution in [0.2, 0.25) is 0 Å². The molecule has 7 heteroatoms. The SMILES string of the molecule is COc1ccc2c3c1O[C@@H]1[C@]34CCN(CC3CC3)[C@H](C2)[C@]42CC3[C@@](COCc4cccc(CC(=O)O)c4)(C2)[C@]31OC. The van der Waals surface area contributed by atoms with Crippen molar-refractivity contribution in [2.24, 2.45) is 22.7 Å². The molecule has 0 radical (unpaired) electrons. The molecule has 1 N–H and O–H groups in total. The Hall–Kier alpha value is -2.61. The topological polar surface area (TPSA) is 77.5 Å². The lowest BCUT2D eigenvalue weighted by Gasteiger charge is -2.68. The van der Waals surface area contributed by atoms with Crippen molar-refractivity contribution in [2.45, 2.75) is 74.7 Å². The molecule has 6 bridgehead atoms. The van der Waals surface area contributed by atoms with Gasteiger partial charge in [0.25, 0.3) is 0 Å². The number of carboxylic acids is 1. The van der Waals surface area contributed by atoms with E-state index in [1.807, 2.05) is 31.4 Å². The lowest BCUT2D eigenvalue weighted by Crippen LogP contribution is -2.76. The Balaban J connectivity index is 1.09. The van der Waals surface area contributed by atoms with Gasteiger partial charge in [-0.2, -0.15) is 0 Å². The zero-order valence-electron chi connectivity index (χ0n) is 24.0. The maximum absolute atomic E-state index is 11.2. The summed E-state index contributed by atoms with van der Waals surface area (Å²) in [6, 6.07) is 12.8. The molecule has 41 heavy (non-hydrogen) atoms. The molecule has 1 unspecified atom stereocenters. The monoisotopic (exact) mass is 557 g/mol. The van der Waals surface area contributed by atoms with E-state index in [2.05, 4.69) is 17.0 Å². The molecule has 2 aliphatic heterocycles. The molecule has 1 saturated heterocycles. The van der Waals surface area contributed by atoms with E-state index < -0.39 is 5.97 Å². The van der Waals surface area contributed by atoms with E-state index in [-0.39, 0.29) is 34.4 Å². The van der Waals surface area contributed by atoms with Crippen LogP contribution in [0.3, 0.4) is 0 Å². The molecular weight excluding hydrogens is 518 g/mol. The van der Waals surface area contributed by atoms with Crippen molar-refractivity contribution >= 4 is 5.97 Å². The van der Waals surface area contributed by atoms with Gasteiger partial charge in [0.05, 0.1) is 26.7 Å². The third-order valence-corrected chi connectivity index (χ3v) is 12.7. The Morgan fingerprint density at radius 1 is 1.17 bits per heavy atom. The number of likely N-dealkylation sites (tertiary alicyclic amines) is 1. The van der Waals surface area contributed by atoms with E-state index in [1.165, 1.54) is 36.9 Å². The van der Waals surface area contributed by atoms with Gasteiger partial charge in [0, 0.05) is 47.4 Å². The van der Waals surface area contributed by atoms with Gasteiger partial charge < -0.3 is 24.1 Å². The predicted molar refractivity (Wildman–Crippen MR) is 150 cm³/mol. The van der Waals surface area contributed by atoms with E-state index in [0.29, 0.717) is 25.2 Å². The summed E-state index contributed by atoms with van der Waals surface area (Å²) >= 11 is 0. The maximum atomic E-state index is 11.2. The van der Waals surface area contributed by atoms with Gasteiger partial charge in [0.2, 0.25) is 0 Å². The van der Waals surface area contributed by atoms with Crippen LogP contribution in [0.1, 0.15) is 54.4 Å². The summed E-state index contributed by atoms with van der Waals surface area (Å²) in [7, 11) is 3.65. The van der Waals surface area contributed by atoms with Crippen molar-refractivity contribution in [3.63, 3.8) is 0 Å². The summed E-state index contributed by atoms with van der Waals surface area (Å²) in [5.41, 5.74) is 4.42. The minimum atomic E-state index is -0.814. The van der Waals surface area contributed by atoms with Crippen molar-refractivity contribution in [1.29, 1.82) is 0 Å². The number of piperidine rings is 1. The van der Waals surface area contributed by atoms with Gasteiger partial charge in [0.1, 0.15) is 11.7 Å². The molecule has 2 spiro atoms. The molecule has 0 aromatic heterocycles. The minimum absolute atomic E-state index is 0.0223. The van der Waals surface area contributed by atoms with E-state index in [4.69, 9.17) is 18.9 Å². The van der Waals surface area contributed by atoms with Gasteiger partial charge in [-0.1, -0.05) is 30.3 Å². The Morgan fingerprint density at radius 2 is 2.02 bits per heavy atom. The fourth-order valence-corrected chi connectivity index (χ4v) is 11.3. The van der Waals surface area contributed by atoms with Crippen LogP contribution in [0.5, 0.6) is 11.5 Å². The fourth-order valence-electron chi connectivity index (χ4n) is 11.3. The van der Waals surface area contributed by atoms with E-state index in [0.717, 1.165) is 54.4 Å². The first kappa shape index (κ1) is 24.9. The zero-order valence-corrected chi connectivity index (χ0v) is 24.0. The van der Waals surface area contributed by atoms with E-state index >= 15 is 0 Å². The van der Waals surface area contributed by atoms with Gasteiger partial charge in [0.15, 0.2) is 11.5 Å². The van der Waals surface area contributed by atoms with Crippen molar-refractivity contribution in [1.82, 2.24) is 4.90 Å². The molecule has 2 aromatic carbocycles. The standard InChI is InChI=1S/C34H39NO6/c1-38-24-9-8-23-14-26-31-15-25-32(18-31,19-40-17-22-5-3-4-21(12-22)13-27(36)37)34(25,39-2)30-33(31,28(23)29(24)41-30)10-11-35(26)16-20-6-7-20/h3-5,8-9,12,20,25-26,30H,6-7,10-11,13-19H2,1-2H3,(H,36,37)/t25?,26-,30-,31-,32+,33+,34+/m1/s1. The second-order valence-electron chi connectivity index (χ2n) is 14.1. The molecule has 8 aliphatic rings. The highest BCUT2D eigenvalue weighted by Crippen LogP contribution is 2.91. The van der Waals surface area contributed by atoms with Crippen LogP contribution in [0, 0.1) is 22.7 Å². The lowest BCUT2D eigenvalue weighted by atomic mass is 9.40. The van der Waals surface area contributed by atoms with Crippen molar-refractivity contribution in [2.75, 3.05) is 33.9 Å². The Bertz CT molecular complexity index is 1470. The normalized spacial score (nSPS) is 40.2. The van der Waals surface area contributed by atoms with Crippen LogP contribution in [-0.2, 0) is 39.1 Å². The van der Waals surface area contributed by atoms with E-state index in [1.54, 1.807) is 7.11 Å². The number of carboxylic acid groups (broad SMARTS) is 1. The average molecular weight is 558 g/mol. The number of hydrogen-bond acceptors (Lipinski definition) is 6. The maximum Gasteiger partial charge on any atom is 0.307 e. The van der Waals surface area contributed by atoms with E-state index in [9.17, 15) is 9.90 Å². The number of aliphatic carboxylic acids is 1. The Labute approximate surface area is 241 Å². The number of hydrogen-bond donors (Lipinski definition) is 1. The Morgan fingerprint density at radius 3 is 2.80 bits per heavy atom. The number of benzene rings is 2. The quantitative estimate of drug-likeness (QED) is 0.465. The number of rotatable bonds is 10. The molecule has 2 heterocycles. The molecule has 6 aliphatic carbocycles. The molecule has 2 aromatic rings. The molecule has 0 amide bonds. The smallest absolute Gasteiger partial charge is 0.307 e. The highest BCUT2D eigenvalue weighted by atomic mass is 16.6. The van der Waals surface area contributed by atoms with Crippen LogP contribution in [-0.4, -0.2) is 67.6 Å². The average Bonchev–Trinajstić information content (AvgIpc) is 3.79. The van der Waals surface area contributed by atoms with Crippen molar-refractivity contribution < 1.29 is 28.8 Å². The molecule has 7 nitrogen and oxygen atoms in total. The number of carbonyl (C=O) groups is 1. The van der Waals surface area contributed by atoms with Crippen molar-refractivity contribution in [3.05, 3.63) is 58.7 Å². The van der Waals surface area contributed by atoms with Gasteiger partial charge in [-0.25, -0.2) is 0 Å². The number of nitrogens with zero attached hydrogens (tertiary/aromatic N) is 1. The summed E-state index contributed by atoms with van der Waals surface area (Å²) in [6.45, 7) is 3.49. The molecule has 5 saturated carbocycles. The van der Waals surface area contributed by atoms with Crippen LogP contribution in [0.15, 0.2) is 36.4 Å². The summed E-state index contributed by atoms with van der Waals surface area (Å²) in [6.07, 6.45) is 7.29. The lowest BCUT2D eigenvalue weighted by molar-refractivity contribution is -0.212. The number of ether oxygens (including phenoxy) is 4. The third kappa shape index (κ3) is 2.84. The van der Waals surface area contributed by atoms with Crippen LogP contribution < -0.4 is 9.47 Å². The van der Waals surface area contributed by atoms with Gasteiger partial charge in [-0.05, 0) is 73.7 Å². The fraction of sp³-hybridized carbons (Fsp3) is 0.618.